The molecule has 1 rings (SSSR count). The van der Waals surface area contributed by atoms with Gasteiger partial charge < -0.3 is 9.73 Å². The van der Waals surface area contributed by atoms with Crippen molar-refractivity contribution < 1.29 is 14.0 Å². The Morgan fingerprint density at radius 1 is 1.39 bits per heavy atom. The summed E-state index contributed by atoms with van der Waals surface area (Å²) in [5.41, 5.74) is 0. The fourth-order valence-electron chi connectivity index (χ4n) is 0.961. The number of aromatic nitrogens is 2. The second kappa shape index (κ2) is 7.98. The van der Waals surface area contributed by atoms with Crippen molar-refractivity contribution in [1.29, 1.82) is 0 Å². The standard InChI is InChI=1S/C9H14N4O3S2/c1-10-8(15)11-6(14)3-4-18-9-13-12-7(16-9)5-17-2/h3-5H2,1-2H3,(H2,10,11,14,15). The molecule has 0 fully saturated rings. The lowest BCUT2D eigenvalue weighted by molar-refractivity contribution is -0.119. The molecular formula is C9H14N4O3S2. The average molecular weight is 290 g/mol. The first-order valence-electron chi connectivity index (χ1n) is 5.11. The molecular weight excluding hydrogens is 276 g/mol. The molecule has 1 heterocycles. The molecule has 0 aliphatic carbocycles. The van der Waals surface area contributed by atoms with Gasteiger partial charge in [-0.1, -0.05) is 11.8 Å². The van der Waals surface area contributed by atoms with Crippen LogP contribution in [0.1, 0.15) is 12.3 Å². The summed E-state index contributed by atoms with van der Waals surface area (Å²) in [5.74, 6) is 1.37. The number of carbonyl (C=O) groups is 2. The van der Waals surface area contributed by atoms with Gasteiger partial charge in [0.15, 0.2) is 0 Å². The zero-order chi connectivity index (χ0) is 13.4. The maximum atomic E-state index is 11.3. The van der Waals surface area contributed by atoms with Crippen molar-refractivity contribution >= 4 is 35.5 Å². The van der Waals surface area contributed by atoms with Gasteiger partial charge in [-0.15, -0.1) is 10.2 Å². The van der Waals surface area contributed by atoms with E-state index in [-0.39, 0.29) is 12.3 Å². The molecule has 0 unspecified atom stereocenters. The maximum absolute atomic E-state index is 11.3. The minimum atomic E-state index is -0.509. The van der Waals surface area contributed by atoms with Crippen molar-refractivity contribution in [2.45, 2.75) is 17.4 Å². The van der Waals surface area contributed by atoms with E-state index >= 15 is 0 Å². The molecule has 0 aliphatic heterocycles. The molecule has 18 heavy (non-hydrogen) atoms. The molecule has 0 radical (unpaired) electrons. The second-order valence-electron chi connectivity index (χ2n) is 3.12. The van der Waals surface area contributed by atoms with Gasteiger partial charge in [0.25, 0.3) is 5.22 Å². The van der Waals surface area contributed by atoms with Crippen molar-refractivity contribution in [3.05, 3.63) is 5.89 Å². The van der Waals surface area contributed by atoms with Gasteiger partial charge in [0, 0.05) is 19.2 Å². The summed E-state index contributed by atoms with van der Waals surface area (Å²) in [6.45, 7) is 0. The van der Waals surface area contributed by atoms with Gasteiger partial charge in [0.05, 0.1) is 5.75 Å². The van der Waals surface area contributed by atoms with E-state index in [1.807, 2.05) is 6.26 Å². The fraction of sp³-hybridized carbons (Fsp3) is 0.556. The Morgan fingerprint density at radius 2 is 2.17 bits per heavy atom. The average Bonchev–Trinajstić information content (AvgIpc) is 2.77. The number of nitrogens with one attached hydrogen (secondary N) is 2. The number of hydrogen-bond acceptors (Lipinski definition) is 7. The highest BCUT2D eigenvalue weighted by Crippen LogP contribution is 2.18. The molecule has 1 aromatic rings. The van der Waals surface area contributed by atoms with Crippen molar-refractivity contribution in [3.63, 3.8) is 0 Å². The first kappa shape index (κ1) is 14.8. The van der Waals surface area contributed by atoms with Crippen LogP contribution in [0.2, 0.25) is 0 Å². The van der Waals surface area contributed by atoms with Crippen LogP contribution in [-0.4, -0.2) is 41.2 Å². The lowest BCUT2D eigenvalue weighted by Crippen LogP contribution is -2.37. The van der Waals surface area contributed by atoms with E-state index in [0.29, 0.717) is 22.6 Å². The van der Waals surface area contributed by atoms with Crippen molar-refractivity contribution in [3.8, 4) is 0 Å². The van der Waals surface area contributed by atoms with Crippen LogP contribution in [0, 0.1) is 0 Å². The number of hydrogen-bond donors (Lipinski definition) is 2. The topological polar surface area (TPSA) is 97.1 Å². The Labute approximate surface area is 113 Å². The van der Waals surface area contributed by atoms with Gasteiger partial charge in [0.2, 0.25) is 11.8 Å². The van der Waals surface area contributed by atoms with Crippen LogP contribution in [0.5, 0.6) is 0 Å². The summed E-state index contributed by atoms with van der Waals surface area (Å²) < 4.78 is 5.32. The molecule has 0 saturated heterocycles. The van der Waals surface area contributed by atoms with Crippen LogP contribution in [0.4, 0.5) is 4.79 Å². The number of carbonyl (C=O) groups excluding carboxylic acids is 2. The number of imide groups is 1. The van der Waals surface area contributed by atoms with Gasteiger partial charge in [-0.05, 0) is 6.26 Å². The zero-order valence-corrected chi connectivity index (χ0v) is 11.7. The van der Waals surface area contributed by atoms with E-state index in [4.69, 9.17) is 4.42 Å². The third kappa shape index (κ3) is 5.41. The molecule has 0 bridgehead atoms. The molecule has 0 aromatic carbocycles. The molecule has 1 aromatic heterocycles. The minimum Gasteiger partial charge on any atom is -0.415 e. The van der Waals surface area contributed by atoms with Crippen molar-refractivity contribution in [1.82, 2.24) is 20.8 Å². The summed E-state index contributed by atoms with van der Waals surface area (Å²) in [6, 6.07) is -0.509. The molecule has 7 nitrogen and oxygen atoms in total. The minimum absolute atomic E-state index is 0.207. The third-order valence-corrected chi connectivity index (χ3v) is 3.11. The fourth-order valence-corrected chi connectivity index (χ4v) is 2.04. The molecule has 0 spiro atoms. The van der Waals surface area contributed by atoms with Crippen molar-refractivity contribution in [2.75, 3.05) is 19.1 Å². The molecule has 100 valence electrons. The highest BCUT2D eigenvalue weighted by molar-refractivity contribution is 7.99. The molecule has 2 N–H and O–H groups in total. The van der Waals surface area contributed by atoms with Crippen LogP contribution in [0.3, 0.4) is 0 Å². The van der Waals surface area contributed by atoms with Gasteiger partial charge in [0.1, 0.15) is 0 Å². The summed E-state index contributed by atoms with van der Waals surface area (Å²) in [4.78, 5) is 22.1. The number of thioether (sulfide) groups is 2. The maximum Gasteiger partial charge on any atom is 0.321 e. The predicted octanol–water partition coefficient (Wildman–Crippen LogP) is 0.870. The van der Waals surface area contributed by atoms with E-state index in [1.165, 1.54) is 18.8 Å². The zero-order valence-electron chi connectivity index (χ0n) is 10.1. The smallest absolute Gasteiger partial charge is 0.321 e. The normalized spacial score (nSPS) is 10.1. The second-order valence-corrected chi connectivity index (χ2v) is 5.03. The van der Waals surface area contributed by atoms with E-state index in [0.717, 1.165) is 0 Å². The van der Waals surface area contributed by atoms with Gasteiger partial charge in [-0.2, -0.15) is 11.8 Å². The first-order valence-corrected chi connectivity index (χ1v) is 7.49. The largest absolute Gasteiger partial charge is 0.415 e. The molecule has 0 atom stereocenters. The third-order valence-electron chi connectivity index (χ3n) is 1.75. The quantitative estimate of drug-likeness (QED) is 0.750. The Bertz CT molecular complexity index is 410. The monoisotopic (exact) mass is 290 g/mol. The summed E-state index contributed by atoms with van der Waals surface area (Å²) in [5, 5.41) is 12.6. The Balaban J connectivity index is 2.24. The highest BCUT2D eigenvalue weighted by Gasteiger charge is 2.09. The van der Waals surface area contributed by atoms with Gasteiger partial charge in [-0.25, -0.2) is 4.79 Å². The predicted molar refractivity (Wildman–Crippen MR) is 69.5 cm³/mol. The number of nitrogens with zero attached hydrogens (tertiary/aromatic N) is 2. The van der Waals surface area contributed by atoms with Crippen molar-refractivity contribution in [2.24, 2.45) is 0 Å². The number of amides is 3. The molecule has 0 saturated carbocycles. The van der Waals surface area contributed by atoms with Crippen LogP contribution in [-0.2, 0) is 10.5 Å². The van der Waals surface area contributed by atoms with E-state index in [9.17, 15) is 9.59 Å². The van der Waals surface area contributed by atoms with E-state index < -0.39 is 6.03 Å². The Morgan fingerprint density at radius 3 is 2.83 bits per heavy atom. The van der Waals surface area contributed by atoms with Crippen LogP contribution >= 0.6 is 23.5 Å². The number of rotatable bonds is 6. The van der Waals surface area contributed by atoms with Crippen LogP contribution in [0.25, 0.3) is 0 Å². The van der Waals surface area contributed by atoms with Gasteiger partial charge in [-0.3, -0.25) is 10.1 Å². The lowest BCUT2D eigenvalue weighted by Gasteiger charge is -2.01. The summed E-state index contributed by atoms with van der Waals surface area (Å²) in [6.07, 6.45) is 2.15. The van der Waals surface area contributed by atoms with Gasteiger partial charge >= 0.3 is 6.03 Å². The molecule has 3 amide bonds. The Hall–Kier alpha value is -1.22. The van der Waals surface area contributed by atoms with Crippen LogP contribution in [0.15, 0.2) is 9.64 Å². The first-order chi connectivity index (χ1) is 8.65. The summed E-state index contributed by atoms with van der Waals surface area (Å²) >= 11 is 2.88. The number of urea groups is 1. The summed E-state index contributed by atoms with van der Waals surface area (Å²) in [7, 11) is 1.45. The van der Waals surface area contributed by atoms with E-state index in [2.05, 4.69) is 20.8 Å². The lowest BCUT2D eigenvalue weighted by atomic mass is 10.4. The van der Waals surface area contributed by atoms with Crippen LogP contribution < -0.4 is 10.6 Å². The highest BCUT2D eigenvalue weighted by atomic mass is 32.2. The van der Waals surface area contributed by atoms with E-state index in [1.54, 1.807) is 11.8 Å². The molecule has 9 heteroatoms. The Kier molecular flexibility index (Phi) is 6.58. The molecule has 0 aliphatic rings. The SMILES string of the molecule is CNC(=O)NC(=O)CCSc1nnc(CSC)o1.